The molecular formula is C29H26N2O5. The van der Waals surface area contributed by atoms with Crippen LogP contribution >= 0.6 is 0 Å². The maximum atomic E-state index is 13.8. The fourth-order valence-corrected chi connectivity index (χ4v) is 4.52. The number of anilines is 1. The Balaban J connectivity index is 1.62. The van der Waals surface area contributed by atoms with Gasteiger partial charge in [-0.05, 0) is 46.9 Å². The standard InChI is InChI=1S/C29H26N2O5/c1-29(2,3)19-10-12-20(13-11-19)31-24(18-8-6-14-30-16-18)23(26(33)28(31)34)25(32)22-15-17-7-5-9-21(35-4)27(17)36-22/h5-16,24,33H,1-4H3. The van der Waals surface area contributed by atoms with Crippen molar-refractivity contribution in [1.82, 2.24) is 4.98 Å². The lowest BCUT2D eigenvalue weighted by Crippen LogP contribution is -2.31. The number of hydrogen-bond acceptors (Lipinski definition) is 6. The number of aliphatic hydroxyl groups excluding tert-OH is 1. The van der Waals surface area contributed by atoms with Gasteiger partial charge in [0.15, 0.2) is 22.9 Å². The summed E-state index contributed by atoms with van der Waals surface area (Å²) >= 11 is 0. The normalized spacial score (nSPS) is 16.2. The Morgan fingerprint density at radius 3 is 2.47 bits per heavy atom. The summed E-state index contributed by atoms with van der Waals surface area (Å²) in [4.78, 5) is 32.8. The van der Waals surface area contributed by atoms with E-state index in [1.54, 1.807) is 48.8 Å². The van der Waals surface area contributed by atoms with Gasteiger partial charge in [0, 0.05) is 23.5 Å². The van der Waals surface area contributed by atoms with E-state index in [-0.39, 0.29) is 16.7 Å². The average Bonchev–Trinajstić information content (AvgIpc) is 3.43. The highest BCUT2D eigenvalue weighted by Gasteiger charge is 2.45. The molecule has 0 spiro atoms. The van der Waals surface area contributed by atoms with Gasteiger partial charge in [0.2, 0.25) is 5.78 Å². The van der Waals surface area contributed by atoms with E-state index in [2.05, 4.69) is 25.8 Å². The molecule has 1 atom stereocenters. The number of methoxy groups -OCH3 is 1. The minimum Gasteiger partial charge on any atom is -0.503 e. The lowest BCUT2D eigenvalue weighted by Gasteiger charge is -2.27. The van der Waals surface area contributed by atoms with Gasteiger partial charge in [0.05, 0.1) is 18.7 Å². The van der Waals surface area contributed by atoms with Crippen LogP contribution in [0.4, 0.5) is 5.69 Å². The van der Waals surface area contributed by atoms with Gasteiger partial charge in [-0.2, -0.15) is 0 Å². The lowest BCUT2D eigenvalue weighted by molar-refractivity contribution is -0.117. The number of ketones is 1. The third-order valence-electron chi connectivity index (χ3n) is 6.42. The fraction of sp³-hybridized carbons (Fsp3) is 0.207. The number of para-hydroxylation sites is 1. The number of aliphatic hydroxyl groups is 1. The number of pyridine rings is 1. The van der Waals surface area contributed by atoms with Gasteiger partial charge in [-0.3, -0.25) is 19.5 Å². The summed E-state index contributed by atoms with van der Waals surface area (Å²) in [6.45, 7) is 6.32. The van der Waals surface area contributed by atoms with E-state index in [0.717, 1.165) is 5.56 Å². The van der Waals surface area contributed by atoms with Gasteiger partial charge < -0.3 is 14.3 Å². The van der Waals surface area contributed by atoms with Crippen LogP contribution in [0.5, 0.6) is 5.75 Å². The third kappa shape index (κ3) is 3.82. The smallest absolute Gasteiger partial charge is 0.294 e. The molecule has 1 unspecified atom stereocenters. The zero-order valence-electron chi connectivity index (χ0n) is 20.5. The Bertz CT molecular complexity index is 1490. The van der Waals surface area contributed by atoms with Crippen LogP contribution in [0.15, 0.2) is 88.8 Å². The number of ether oxygens (including phenoxy) is 1. The van der Waals surface area contributed by atoms with E-state index >= 15 is 0 Å². The van der Waals surface area contributed by atoms with Gasteiger partial charge in [0.1, 0.15) is 0 Å². The van der Waals surface area contributed by atoms with Crippen molar-refractivity contribution in [3.8, 4) is 5.75 Å². The highest BCUT2D eigenvalue weighted by molar-refractivity contribution is 6.20. The molecule has 182 valence electrons. The highest BCUT2D eigenvalue weighted by atomic mass is 16.5. The van der Waals surface area contributed by atoms with Gasteiger partial charge >= 0.3 is 0 Å². The van der Waals surface area contributed by atoms with Gasteiger partial charge in [0.25, 0.3) is 5.91 Å². The number of Topliss-reactive ketones (excluding diaryl/α,β-unsaturated/α-hetero) is 1. The maximum absolute atomic E-state index is 13.8. The number of nitrogens with zero attached hydrogens (tertiary/aromatic N) is 2. The molecule has 1 aliphatic heterocycles. The summed E-state index contributed by atoms with van der Waals surface area (Å²) in [7, 11) is 1.52. The molecule has 4 aromatic rings. The molecule has 0 saturated heterocycles. The van der Waals surface area contributed by atoms with Crippen LogP contribution in [0.1, 0.15) is 48.5 Å². The lowest BCUT2D eigenvalue weighted by atomic mass is 9.87. The Morgan fingerprint density at radius 2 is 1.83 bits per heavy atom. The molecule has 0 aliphatic carbocycles. The third-order valence-corrected chi connectivity index (χ3v) is 6.42. The number of carbonyl (C=O) groups excluding carboxylic acids is 2. The van der Waals surface area contributed by atoms with Crippen LogP contribution in [0.2, 0.25) is 0 Å². The first-order chi connectivity index (χ1) is 17.2. The number of rotatable bonds is 5. The quantitative estimate of drug-likeness (QED) is 0.355. The van der Waals surface area contributed by atoms with Crippen molar-refractivity contribution in [2.45, 2.75) is 32.2 Å². The van der Waals surface area contributed by atoms with Crippen LogP contribution in [-0.4, -0.2) is 28.9 Å². The van der Waals surface area contributed by atoms with Crippen LogP contribution in [-0.2, 0) is 10.2 Å². The Morgan fingerprint density at radius 1 is 1.08 bits per heavy atom. The monoisotopic (exact) mass is 482 g/mol. The van der Waals surface area contributed by atoms with E-state index in [4.69, 9.17) is 9.15 Å². The van der Waals surface area contributed by atoms with Crippen molar-refractivity contribution >= 4 is 28.3 Å². The number of aromatic nitrogens is 1. The van der Waals surface area contributed by atoms with Crippen molar-refractivity contribution < 1.29 is 23.8 Å². The van der Waals surface area contributed by atoms with Crippen molar-refractivity contribution in [3.05, 3.63) is 101 Å². The molecular weight excluding hydrogens is 456 g/mol. The molecule has 5 rings (SSSR count). The van der Waals surface area contributed by atoms with E-state index in [0.29, 0.717) is 28.0 Å². The zero-order valence-corrected chi connectivity index (χ0v) is 20.5. The minimum atomic E-state index is -0.880. The molecule has 0 bridgehead atoms. The van der Waals surface area contributed by atoms with Crippen molar-refractivity contribution in [2.75, 3.05) is 12.0 Å². The van der Waals surface area contributed by atoms with Crippen LogP contribution in [0.25, 0.3) is 11.0 Å². The SMILES string of the molecule is COc1cccc2cc(C(=O)C3=C(O)C(=O)N(c4ccc(C(C)(C)C)cc4)C3c3cccnc3)oc12. The zero-order chi connectivity index (χ0) is 25.6. The Kier molecular flexibility index (Phi) is 5.63. The molecule has 1 aliphatic rings. The summed E-state index contributed by atoms with van der Waals surface area (Å²) in [5, 5.41) is 11.7. The topological polar surface area (TPSA) is 92.9 Å². The van der Waals surface area contributed by atoms with E-state index in [9.17, 15) is 14.7 Å². The number of amides is 1. The van der Waals surface area contributed by atoms with E-state index in [1.165, 1.54) is 12.0 Å². The van der Waals surface area contributed by atoms with E-state index in [1.807, 2.05) is 24.3 Å². The summed E-state index contributed by atoms with van der Waals surface area (Å²) < 4.78 is 11.2. The van der Waals surface area contributed by atoms with Gasteiger partial charge in [-0.15, -0.1) is 0 Å². The summed E-state index contributed by atoms with van der Waals surface area (Å²) in [5.41, 5.74) is 2.53. The molecule has 0 fully saturated rings. The van der Waals surface area contributed by atoms with Crippen molar-refractivity contribution in [1.29, 1.82) is 0 Å². The molecule has 7 heteroatoms. The molecule has 0 radical (unpaired) electrons. The van der Waals surface area contributed by atoms with Crippen LogP contribution in [0, 0.1) is 0 Å². The largest absolute Gasteiger partial charge is 0.503 e. The first-order valence-electron chi connectivity index (χ1n) is 11.6. The second kappa shape index (κ2) is 8.68. The maximum Gasteiger partial charge on any atom is 0.294 e. The molecule has 36 heavy (non-hydrogen) atoms. The Labute approximate surface area is 208 Å². The highest BCUT2D eigenvalue weighted by Crippen LogP contribution is 2.43. The minimum absolute atomic E-state index is 0.00247. The fourth-order valence-electron chi connectivity index (χ4n) is 4.52. The summed E-state index contributed by atoms with van der Waals surface area (Å²) in [6.07, 6.45) is 3.20. The number of fused-ring (bicyclic) bond motifs is 1. The molecule has 1 amide bonds. The van der Waals surface area contributed by atoms with Gasteiger partial charge in [-0.1, -0.05) is 51.1 Å². The molecule has 2 aromatic heterocycles. The van der Waals surface area contributed by atoms with Crippen molar-refractivity contribution in [3.63, 3.8) is 0 Å². The van der Waals surface area contributed by atoms with Gasteiger partial charge in [-0.25, -0.2) is 0 Å². The Hall–Kier alpha value is -4.39. The second-order valence-electron chi connectivity index (χ2n) is 9.74. The summed E-state index contributed by atoms with van der Waals surface area (Å²) in [5.74, 6) is -1.37. The summed E-state index contributed by atoms with van der Waals surface area (Å²) in [6, 6.07) is 17.1. The number of hydrogen-bond donors (Lipinski definition) is 1. The number of carbonyl (C=O) groups is 2. The molecule has 1 N–H and O–H groups in total. The molecule has 2 aromatic carbocycles. The molecule has 3 heterocycles. The predicted octanol–water partition coefficient (Wildman–Crippen LogP) is 5.92. The molecule has 0 saturated carbocycles. The first kappa shape index (κ1) is 23.4. The van der Waals surface area contributed by atoms with Crippen molar-refractivity contribution in [2.24, 2.45) is 0 Å². The predicted molar refractivity (Wildman–Crippen MR) is 136 cm³/mol. The first-order valence-corrected chi connectivity index (χ1v) is 11.6. The average molecular weight is 483 g/mol. The second-order valence-corrected chi connectivity index (χ2v) is 9.74. The molecule has 7 nitrogen and oxygen atoms in total. The van der Waals surface area contributed by atoms with Crippen LogP contribution < -0.4 is 9.64 Å². The van der Waals surface area contributed by atoms with Crippen LogP contribution in [0.3, 0.4) is 0 Å². The van der Waals surface area contributed by atoms with E-state index < -0.39 is 23.5 Å². The number of furan rings is 1. The number of benzene rings is 2.